The predicted molar refractivity (Wildman–Crippen MR) is 183 cm³/mol. The van der Waals surface area contributed by atoms with E-state index < -0.39 is 14.9 Å². The molecule has 0 amide bonds. The lowest BCUT2D eigenvalue weighted by molar-refractivity contribution is 0.188. The van der Waals surface area contributed by atoms with Gasteiger partial charge >= 0.3 is 0 Å². The molecule has 3 aliphatic rings. The van der Waals surface area contributed by atoms with Gasteiger partial charge in [-0.05, 0) is 117 Å². The first kappa shape index (κ1) is 34.4. The van der Waals surface area contributed by atoms with Crippen LogP contribution in [0.2, 0.25) is 0 Å². The van der Waals surface area contributed by atoms with Crippen LogP contribution in [0, 0.1) is 0 Å². The lowest BCUT2D eigenvalue weighted by Gasteiger charge is -2.62. The third kappa shape index (κ3) is 5.50. The fourth-order valence-corrected chi connectivity index (χ4v) is 22.6. The molecule has 6 nitrogen and oxygen atoms in total. The Morgan fingerprint density at radius 1 is 0.575 bits per heavy atom. The van der Waals surface area contributed by atoms with Gasteiger partial charge in [-0.3, -0.25) is 0 Å². The highest BCUT2D eigenvalue weighted by Gasteiger charge is 2.67. The molecule has 3 rings (SSSR count). The van der Waals surface area contributed by atoms with Crippen LogP contribution in [0.3, 0.4) is 0 Å². The van der Waals surface area contributed by atoms with Gasteiger partial charge < -0.3 is 9.57 Å². The van der Waals surface area contributed by atoms with Crippen LogP contribution in [0.25, 0.3) is 0 Å². The second-order valence-electron chi connectivity index (χ2n) is 14.6. The fourth-order valence-electron chi connectivity index (χ4n) is 8.79. The van der Waals surface area contributed by atoms with Gasteiger partial charge in [0.1, 0.15) is 12.9 Å². The SMILES string of the molecule is CC(C)N(C(C)C)P1(N(C(C)C)C(C)C)=C[P+](N(C(C)C)C(C)C)(N(C(C)C)C(C)C)C2=C3N(CCCN31)CC2. The molecule has 0 aromatic heterocycles. The van der Waals surface area contributed by atoms with E-state index in [0.29, 0.717) is 48.3 Å². The Hall–Kier alpha value is -0.0900. The van der Waals surface area contributed by atoms with Crippen LogP contribution in [0.4, 0.5) is 0 Å². The number of rotatable bonds is 12. The summed E-state index contributed by atoms with van der Waals surface area (Å²) in [4.78, 5) is 2.81. The molecule has 1 saturated heterocycles. The molecule has 3 heterocycles. The van der Waals surface area contributed by atoms with E-state index >= 15 is 0 Å². The van der Waals surface area contributed by atoms with Crippen molar-refractivity contribution in [2.75, 3.05) is 19.6 Å². The first-order chi connectivity index (χ1) is 18.5. The minimum atomic E-state index is -2.15. The Labute approximate surface area is 251 Å². The third-order valence-electron chi connectivity index (χ3n) is 8.90. The van der Waals surface area contributed by atoms with Gasteiger partial charge in [-0.1, -0.05) is 0 Å². The number of hydrogen-bond acceptors (Lipinski definition) is 6. The average molecular weight is 598 g/mol. The highest BCUT2D eigenvalue weighted by Crippen LogP contribution is 2.83. The first-order valence-corrected chi connectivity index (χ1v) is 20.0. The summed E-state index contributed by atoms with van der Waals surface area (Å²) in [7, 11) is -4.22. The van der Waals surface area contributed by atoms with E-state index in [4.69, 9.17) is 0 Å². The Kier molecular flexibility index (Phi) is 11.1. The van der Waals surface area contributed by atoms with Crippen molar-refractivity contribution in [2.45, 2.75) is 172 Å². The average Bonchev–Trinajstić information content (AvgIpc) is 3.21. The molecular formula is C32H67N6P2+. The monoisotopic (exact) mass is 597 g/mol. The lowest BCUT2D eigenvalue weighted by Crippen LogP contribution is -2.57. The smallest absolute Gasteiger partial charge is 0.216 e. The highest BCUT2D eigenvalue weighted by atomic mass is 31.2. The zero-order chi connectivity index (χ0) is 30.5. The molecular weight excluding hydrogens is 530 g/mol. The summed E-state index contributed by atoms with van der Waals surface area (Å²) >= 11 is 0. The fraction of sp³-hybridized carbons (Fsp3) is 0.906. The Balaban J connectivity index is 2.71. The molecule has 0 N–H and O–H groups in total. The van der Waals surface area contributed by atoms with Crippen molar-refractivity contribution in [2.24, 2.45) is 0 Å². The molecule has 1 fully saturated rings. The van der Waals surface area contributed by atoms with E-state index in [0.717, 1.165) is 6.54 Å². The minimum absolute atomic E-state index is 0.448. The van der Waals surface area contributed by atoms with E-state index in [9.17, 15) is 0 Å². The van der Waals surface area contributed by atoms with Crippen LogP contribution in [0.1, 0.15) is 124 Å². The summed E-state index contributed by atoms with van der Waals surface area (Å²) in [6, 6.07) is 3.63. The van der Waals surface area contributed by atoms with Crippen LogP contribution in [0.5, 0.6) is 0 Å². The van der Waals surface area contributed by atoms with E-state index in [1.807, 2.05) is 0 Å². The van der Waals surface area contributed by atoms with Crippen LogP contribution >= 0.6 is 14.9 Å². The van der Waals surface area contributed by atoms with Crippen molar-refractivity contribution in [3.05, 3.63) is 11.1 Å². The maximum atomic E-state index is 3.10. The number of hydrogen-bond donors (Lipinski definition) is 0. The normalized spacial score (nSPS) is 21.1. The van der Waals surface area contributed by atoms with Gasteiger partial charge in [0, 0.05) is 74.4 Å². The van der Waals surface area contributed by atoms with Gasteiger partial charge in [0.25, 0.3) is 0 Å². The Morgan fingerprint density at radius 2 is 0.975 bits per heavy atom. The summed E-state index contributed by atoms with van der Waals surface area (Å²) in [6.07, 6.45) is 2.46. The van der Waals surface area contributed by atoms with Crippen LogP contribution in [-0.2, 0) is 0 Å². The van der Waals surface area contributed by atoms with Gasteiger partial charge in [-0.2, -0.15) is 0 Å². The summed E-state index contributed by atoms with van der Waals surface area (Å²) in [6.45, 7) is 42.9. The maximum Gasteiger partial charge on any atom is 0.216 e. The quantitative estimate of drug-likeness (QED) is 0.209. The van der Waals surface area contributed by atoms with Gasteiger partial charge in [0.15, 0.2) is 11.1 Å². The highest BCUT2D eigenvalue weighted by molar-refractivity contribution is 8.00. The lowest BCUT2D eigenvalue weighted by atomic mass is 10.3. The molecule has 3 aliphatic heterocycles. The standard InChI is InChI=1S/C32H67N6P2/c1-23(2)35(24(3)4)39(36(25(5)6)26(7)8)22-40(37(27(9)10)28(11)12,38(29(13)14)30(15)16)34-20-17-19-33-21-18-31(39)32(33)34/h22-30H,17-21H2,1-16H3/q+1. The molecule has 0 aromatic rings. The summed E-state index contributed by atoms with van der Waals surface area (Å²) in [5.41, 5.74) is 3.10. The second kappa shape index (κ2) is 12.9. The van der Waals surface area contributed by atoms with Gasteiger partial charge in [0.05, 0.1) is 0 Å². The number of nitrogens with zero attached hydrogens (tertiary/aromatic N) is 6. The maximum absolute atomic E-state index is 3.10. The van der Waals surface area contributed by atoms with Crippen molar-refractivity contribution in [3.8, 4) is 0 Å². The minimum Gasteiger partial charge on any atom is -0.354 e. The summed E-state index contributed by atoms with van der Waals surface area (Å²) in [5, 5.41) is 1.77. The van der Waals surface area contributed by atoms with Crippen LogP contribution in [-0.4, -0.2) is 102 Å². The van der Waals surface area contributed by atoms with Crippen molar-refractivity contribution in [1.29, 1.82) is 0 Å². The molecule has 8 heteroatoms. The van der Waals surface area contributed by atoms with E-state index in [1.54, 1.807) is 11.1 Å². The van der Waals surface area contributed by atoms with Crippen LogP contribution < -0.4 is 0 Å². The summed E-state index contributed by atoms with van der Waals surface area (Å²) in [5.74, 6) is 1.63. The van der Waals surface area contributed by atoms with Crippen LogP contribution in [0.15, 0.2) is 11.1 Å². The van der Waals surface area contributed by atoms with Crippen molar-refractivity contribution >= 4 is 20.4 Å². The second-order valence-corrected chi connectivity index (χ2v) is 21.0. The van der Waals surface area contributed by atoms with Crippen molar-refractivity contribution in [3.63, 3.8) is 0 Å². The molecule has 234 valence electrons. The first-order valence-electron chi connectivity index (χ1n) is 16.5. The van der Waals surface area contributed by atoms with Gasteiger partial charge in [-0.25, -0.2) is 9.34 Å². The third-order valence-corrected chi connectivity index (χ3v) is 20.2. The van der Waals surface area contributed by atoms with Gasteiger partial charge in [0.2, 0.25) is 7.56 Å². The molecule has 0 saturated carbocycles. The molecule has 0 radical (unpaired) electrons. The molecule has 40 heavy (non-hydrogen) atoms. The molecule has 0 aromatic carbocycles. The zero-order valence-corrected chi connectivity index (χ0v) is 31.1. The molecule has 0 atom stereocenters. The van der Waals surface area contributed by atoms with Crippen molar-refractivity contribution < 1.29 is 0 Å². The van der Waals surface area contributed by atoms with Gasteiger partial charge in [-0.15, -0.1) is 9.34 Å². The largest absolute Gasteiger partial charge is 0.354 e. The van der Waals surface area contributed by atoms with Crippen molar-refractivity contribution in [1.82, 2.24) is 28.3 Å². The Morgan fingerprint density at radius 3 is 1.32 bits per heavy atom. The topological polar surface area (TPSA) is 19.4 Å². The summed E-state index contributed by atoms with van der Waals surface area (Å²) < 4.78 is 15.0. The molecule has 0 unspecified atom stereocenters. The molecule has 0 spiro atoms. The van der Waals surface area contributed by atoms with E-state index in [2.05, 4.69) is 145 Å². The molecule has 0 bridgehead atoms. The Bertz CT molecular complexity index is 875. The van der Waals surface area contributed by atoms with E-state index in [1.165, 1.54) is 25.9 Å². The zero-order valence-electron chi connectivity index (χ0n) is 29.3. The predicted octanol–water partition coefficient (Wildman–Crippen LogP) is 8.43. The van der Waals surface area contributed by atoms with E-state index in [-0.39, 0.29) is 0 Å². The molecule has 0 aliphatic carbocycles.